The second-order valence-electron chi connectivity index (χ2n) is 3.29. The predicted octanol–water partition coefficient (Wildman–Crippen LogP) is -3.69. The van der Waals surface area contributed by atoms with Gasteiger partial charge in [0.05, 0.1) is 0 Å². The molecule has 0 aromatic heterocycles. The van der Waals surface area contributed by atoms with E-state index >= 15 is 0 Å². The van der Waals surface area contributed by atoms with E-state index in [4.69, 9.17) is 11.6 Å². The van der Waals surface area contributed by atoms with Gasteiger partial charge in [-0.05, 0) is 10.4 Å². The van der Waals surface area contributed by atoms with Crippen LogP contribution in [0.15, 0.2) is 20.7 Å². The number of hydrogen-bond donors (Lipinski definition) is 7. The summed E-state index contributed by atoms with van der Waals surface area (Å²) in [6.07, 6.45) is -0.876. The molecule has 0 aliphatic carbocycles. The molecule has 1 fully saturated rings. The van der Waals surface area contributed by atoms with E-state index in [2.05, 4.69) is 42.3 Å². The van der Waals surface area contributed by atoms with Crippen molar-refractivity contribution in [3.63, 3.8) is 0 Å². The van der Waals surface area contributed by atoms with Crippen molar-refractivity contribution in [2.45, 2.75) is 17.9 Å². The first kappa shape index (κ1) is 11.6. The van der Waals surface area contributed by atoms with E-state index in [1.54, 1.807) is 5.43 Å². The lowest BCUT2D eigenvalue weighted by molar-refractivity contribution is -0.562. The van der Waals surface area contributed by atoms with E-state index in [0.29, 0.717) is 0 Å². The third-order valence-corrected chi connectivity index (χ3v) is 2.10. The lowest BCUT2D eigenvalue weighted by Gasteiger charge is -2.29. The lowest BCUT2D eigenvalue weighted by Crippen LogP contribution is -2.75. The number of nitrogens with two attached hydrogens (primary N) is 2. The summed E-state index contributed by atoms with van der Waals surface area (Å²) < 4.78 is 0. The molecular weight excluding hydrogens is 236 g/mol. The molecule has 2 aliphatic rings. The molecule has 0 bridgehead atoms. The van der Waals surface area contributed by atoms with Gasteiger partial charge < -0.3 is 0 Å². The second-order valence-corrected chi connectivity index (χ2v) is 3.29. The Bertz CT molecular complexity index is 368. The van der Waals surface area contributed by atoms with E-state index < -0.39 is 22.9 Å². The number of nitrogens with zero attached hydrogens (tertiary/aromatic N) is 5. The Balaban J connectivity index is 2.14. The van der Waals surface area contributed by atoms with Crippen LogP contribution in [0.25, 0.3) is 0 Å². The summed E-state index contributed by atoms with van der Waals surface area (Å²) in [6, 6.07) is 0. The zero-order valence-electron chi connectivity index (χ0n) is 8.28. The van der Waals surface area contributed by atoms with Gasteiger partial charge in [-0.1, -0.05) is 5.43 Å². The fraction of sp³-hybridized carbons (Fsp3) is 1.00. The van der Waals surface area contributed by atoms with Gasteiger partial charge in [-0.25, -0.2) is 26.3 Å². The van der Waals surface area contributed by atoms with Crippen LogP contribution in [-0.4, -0.2) is 22.9 Å². The second kappa shape index (κ2) is 3.87. The lowest BCUT2D eigenvalue weighted by atomic mass is 10.3. The van der Waals surface area contributed by atoms with Crippen LogP contribution >= 0.6 is 0 Å². The number of hydrogen-bond acceptors (Lipinski definition) is 12. The molecule has 0 aromatic carbocycles. The van der Waals surface area contributed by atoms with Crippen LogP contribution in [-0.2, 0) is 0 Å². The van der Waals surface area contributed by atoms with E-state index in [-0.39, 0.29) is 0 Å². The maximum Gasteiger partial charge on any atom is 0.270 e. The third kappa shape index (κ3) is 2.02. The van der Waals surface area contributed by atoms with Gasteiger partial charge in [0.25, 0.3) is 5.91 Å². The Morgan fingerprint density at radius 3 is 2.53 bits per heavy atom. The van der Waals surface area contributed by atoms with Gasteiger partial charge in [0.15, 0.2) is 5.03 Å². The van der Waals surface area contributed by atoms with Crippen molar-refractivity contribution in [2.24, 2.45) is 32.3 Å². The summed E-state index contributed by atoms with van der Waals surface area (Å²) in [5, 5.41) is 26.0. The number of hydrazine groups is 3. The van der Waals surface area contributed by atoms with Crippen LogP contribution in [0, 0.1) is 10.1 Å². The smallest absolute Gasteiger partial charge is 0.270 e. The average molecular weight is 246 g/mol. The first-order chi connectivity index (χ1) is 8.00. The van der Waals surface area contributed by atoms with Crippen LogP contribution in [0.4, 0.5) is 0 Å². The van der Waals surface area contributed by atoms with Gasteiger partial charge in [0, 0.05) is 0 Å². The largest absolute Gasteiger partial charge is 0.278 e. The van der Waals surface area contributed by atoms with E-state index in [0.717, 1.165) is 0 Å². The zero-order chi connectivity index (χ0) is 12.5. The average Bonchev–Trinajstić information content (AvgIpc) is 2.85. The molecule has 2 heterocycles. The van der Waals surface area contributed by atoms with Crippen molar-refractivity contribution in [3.05, 3.63) is 10.1 Å². The minimum atomic E-state index is -1.75. The summed E-state index contributed by atoms with van der Waals surface area (Å²) >= 11 is 0. The highest BCUT2D eigenvalue weighted by molar-refractivity contribution is 4.99. The van der Waals surface area contributed by atoms with Crippen LogP contribution in [0.2, 0.25) is 0 Å². The Kier molecular flexibility index (Phi) is 2.65. The Hall–Kier alpha value is -1.84. The van der Waals surface area contributed by atoms with Crippen LogP contribution < -0.4 is 38.6 Å². The van der Waals surface area contributed by atoms with Crippen molar-refractivity contribution < 1.29 is 5.03 Å². The molecule has 1 saturated heterocycles. The highest BCUT2D eigenvalue weighted by Crippen LogP contribution is 2.18. The minimum absolute atomic E-state index is 0.827. The zero-order valence-corrected chi connectivity index (χ0v) is 8.28. The fourth-order valence-electron chi connectivity index (χ4n) is 1.39. The highest BCUT2D eigenvalue weighted by Gasteiger charge is 2.53. The molecule has 0 saturated carbocycles. The van der Waals surface area contributed by atoms with Gasteiger partial charge in [-0.3, -0.25) is 11.6 Å². The molecule has 17 heavy (non-hydrogen) atoms. The van der Waals surface area contributed by atoms with E-state index in [1.165, 1.54) is 0 Å². The first-order valence-electron chi connectivity index (χ1n) is 4.32. The molecule has 2 unspecified atom stereocenters. The van der Waals surface area contributed by atoms with Crippen molar-refractivity contribution in [3.8, 4) is 0 Å². The summed E-state index contributed by atoms with van der Waals surface area (Å²) in [5.74, 6) is 2.22. The van der Waals surface area contributed by atoms with Crippen molar-refractivity contribution in [1.82, 2.24) is 27.0 Å². The van der Waals surface area contributed by atoms with Crippen molar-refractivity contribution >= 4 is 0 Å². The van der Waals surface area contributed by atoms with Crippen molar-refractivity contribution in [1.29, 1.82) is 0 Å². The molecule has 14 nitrogen and oxygen atoms in total. The number of nitro groups is 1. The normalized spacial score (nSPS) is 36.6. The van der Waals surface area contributed by atoms with Gasteiger partial charge in [0.2, 0.25) is 12.0 Å². The summed E-state index contributed by atoms with van der Waals surface area (Å²) in [7, 11) is 0. The van der Waals surface area contributed by atoms with Crippen LogP contribution in [0.3, 0.4) is 0 Å². The molecule has 0 radical (unpaired) electrons. The molecule has 0 amide bonds. The quantitative estimate of drug-likeness (QED) is 0.113. The van der Waals surface area contributed by atoms with Crippen LogP contribution in [0.1, 0.15) is 0 Å². The molecule has 0 aromatic rings. The van der Waals surface area contributed by atoms with E-state index in [9.17, 15) is 10.1 Å². The summed E-state index contributed by atoms with van der Waals surface area (Å²) in [6.45, 7) is 0. The van der Waals surface area contributed by atoms with E-state index in [1.807, 2.05) is 0 Å². The molecule has 0 spiro atoms. The molecule has 2 atom stereocenters. The third-order valence-electron chi connectivity index (χ3n) is 2.10. The van der Waals surface area contributed by atoms with Crippen molar-refractivity contribution in [2.75, 3.05) is 0 Å². The Morgan fingerprint density at radius 1 is 1.35 bits per heavy atom. The number of rotatable bonds is 4. The predicted molar refractivity (Wildman–Crippen MR) is 50.0 cm³/mol. The number of nitrogens with one attached hydrogen (secondary N) is 5. The molecule has 94 valence electrons. The maximum atomic E-state index is 10.4. The van der Waals surface area contributed by atoms with Gasteiger partial charge in [0.1, 0.15) is 0 Å². The van der Waals surface area contributed by atoms with Gasteiger partial charge in [-0.15, -0.1) is 10.2 Å². The topological polar surface area (TPSA) is 205 Å². The van der Waals surface area contributed by atoms with Crippen LogP contribution in [0.5, 0.6) is 0 Å². The Labute approximate surface area is 93.3 Å². The molecular formula is C3H10N12O2. The SMILES string of the molecule is NNC1(C2N=NN=N2)NNC(N)(N[N+](=O)[O-])N1. The maximum absolute atomic E-state index is 10.4. The summed E-state index contributed by atoms with van der Waals surface area (Å²) in [5.41, 5.74) is 14.7. The first-order valence-corrected chi connectivity index (χ1v) is 4.32. The monoisotopic (exact) mass is 246 g/mol. The highest BCUT2D eigenvalue weighted by atomic mass is 16.7. The Morgan fingerprint density at radius 2 is 2.00 bits per heavy atom. The van der Waals surface area contributed by atoms with Gasteiger partial charge >= 0.3 is 0 Å². The van der Waals surface area contributed by atoms with Gasteiger partial charge in [-0.2, -0.15) is 5.43 Å². The fourth-order valence-corrected chi connectivity index (χ4v) is 1.39. The summed E-state index contributed by atoms with van der Waals surface area (Å²) in [4.78, 5) is 10.4. The molecule has 2 rings (SSSR count). The molecule has 2 aliphatic heterocycles. The minimum Gasteiger partial charge on any atom is -0.278 e. The molecule has 9 N–H and O–H groups in total. The standard InChI is InChI=1S/C3H10N12O2/c4-3(12-15(16)17)8-2(9-5,10-11-3)1-6-13-14-7-1/h1,8-12H,4-5H2. The molecule has 14 heteroatoms.